The zero-order chi connectivity index (χ0) is 13.8. The number of nitrogens with two attached hydrogens (primary N) is 1. The van der Waals surface area contributed by atoms with Crippen LogP contribution in [0.15, 0.2) is 0 Å². The Bertz CT molecular complexity index is 197. The summed E-state index contributed by atoms with van der Waals surface area (Å²) in [6.45, 7) is 8.84. The molecule has 0 radical (unpaired) electrons. The van der Waals surface area contributed by atoms with Crippen molar-refractivity contribution in [2.45, 2.75) is 65.7 Å². The maximum absolute atomic E-state index is 12.3. The highest BCUT2D eigenvalue weighted by Crippen LogP contribution is 2.10. The van der Waals surface area contributed by atoms with Gasteiger partial charge in [0.25, 0.3) is 0 Å². The third-order valence-corrected chi connectivity index (χ3v) is 3.40. The Morgan fingerprint density at radius 3 is 1.94 bits per heavy atom. The van der Waals surface area contributed by atoms with Gasteiger partial charge in [0, 0.05) is 19.0 Å². The van der Waals surface area contributed by atoms with Gasteiger partial charge in [0.15, 0.2) is 0 Å². The lowest BCUT2D eigenvalue weighted by molar-refractivity contribution is -0.135. The lowest BCUT2D eigenvalue weighted by atomic mass is 10.1. The van der Waals surface area contributed by atoms with Gasteiger partial charge in [-0.3, -0.25) is 4.79 Å². The average molecular weight is 256 g/mol. The predicted octanol–water partition coefficient (Wildman–Crippen LogP) is 3.18. The van der Waals surface area contributed by atoms with E-state index in [2.05, 4.69) is 18.7 Å². The summed E-state index contributed by atoms with van der Waals surface area (Å²) in [6.07, 6.45) is 7.89. The summed E-state index contributed by atoms with van der Waals surface area (Å²) in [6, 6.07) is 0. The Kier molecular flexibility index (Phi) is 11.2. The summed E-state index contributed by atoms with van der Waals surface area (Å²) in [7, 11) is 0. The van der Waals surface area contributed by atoms with Gasteiger partial charge < -0.3 is 10.6 Å². The summed E-state index contributed by atoms with van der Waals surface area (Å²) in [4.78, 5) is 14.4. The van der Waals surface area contributed by atoms with Crippen LogP contribution in [0.4, 0.5) is 0 Å². The van der Waals surface area contributed by atoms with Gasteiger partial charge in [-0.2, -0.15) is 0 Å². The van der Waals surface area contributed by atoms with E-state index in [1.165, 1.54) is 25.7 Å². The van der Waals surface area contributed by atoms with Crippen molar-refractivity contribution in [2.24, 2.45) is 11.7 Å². The van der Waals surface area contributed by atoms with Crippen LogP contribution in [0, 0.1) is 5.92 Å². The number of amides is 1. The van der Waals surface area contributed by atoms with E-state index >= 15 is 0 Å². The normalized spacial score (nSPS) is 12.4. The first-order chi connectivity index (χ1) is 8.67. The van der Waals surface area contributed by atoms with Crippen molar-refractivity contribution >= 4 is 5.91 Å². The molecule has 0 aromatic rings. The van der Waals surface area contributed by atoms with Gasteiger partial charge in [-0.25, -0.2) is 0 Å². The van der Waals surface area contributed by atoms with E-state index in [9.17, 15) is 4.79 Å². The molecule has 0 bridgehead atoms. The Hall–Kier alpha value is -0.570. The van der Waals surface area contributed by atoms with Gasteiger partial charge in [-0.15, -0.1) is 0 Å². The number of unbranched alkanes of at least 4 members (excludes halogenated alkanes) is 4. The summed E-state index contributed by atoms with van der Waals surface area (Å²) in [5.41, 5.74) is 5.54. The molecule has 0 aliphatic rings. The van der Waals surface area contributed by atoms with Crippen molar-refractivity contribution in [3.8, 4) is 0 Å². The third-order valence-electron chi connectivity index (χ3n) is 3.40. The number of carbonyl (C=O) groups excluding carboxylic acids is 1. The van der Waals surface area contributed by atoms with Crippen LogP contribution in [0.3, 0.4) is 0 Å². The van der Waals surface area contributed by atoms with Crippen molar-refractivity contribution in [1.82, 2.24) is 4.90 Å². The minimum Gasteiger partial charge on any atom is -0.342 e. The molecule has 0 saturated carbocycles. The first-order valence-corrected chi connectivity index (χ1v) is 7.66. The number of hydrogen-bond donors (Lipinski definition) is 1. The molecule has 1 amide bonds. The summed E-state index contributed by atoms with van der Waals surface area (Å²) in [5.74, 6) is 0.380. The van der Waals surface area contributed by atoms with Crippen LogP contribution >= 0.6 is 0 Å². The Labute approximate surface area is 113 Å². The molecule has 0 aromatic heterocycles. The second-order valence-electron chi connectivity index (χ2n) is 5.22. The maximum Gasteiger partial charge on any atom is 0.225 e. The highest BCUT2D eigenvalue weighted by Gasteiger charge is 2.18. The standard InChI is InChI=1S/C15H32N2O/c1-4-6-8-12-17(13-9-7-5-2)15(18)14(3)10-11-16/h14H,4-13,16H2,1-3H3. The fourth-order valence-electron chi connectivity index (χ4n) is 2.12. The first-order valence-electron chi connectivity index (χ1n) is 7.66. The van der Waals surface area contributed by atoms with Gasteiger partial charge in [0.1, 0.15) is 0 Å². The quantitative estimate of drug-likeness (QED) is 0.577. The van der Waals surface area contributed by atoms with Crippen LogP contribution < -0.4 is 5.73 Å². The van der Waals surface area contributed by atoms with Crippen LogP contribution in [0.2, 0.25) is 0 Å². The molecule has 0 aliphatic heterocycles. The molecule has 3 nitrogen and oxygen atoms in total. The molecule has 0 rings (SSSR count). The minimum absolute atomic E-state index is 0.0817. The third kappa shape index (κ3) is 7.70. The van der Waals surface area contributed by atoms with Crippen molar-refractivity contribution in [1.29, 1.82) is 0 Å². The topological polar surface area (TPSA) is 46.3 Å². The van der Waals surface area contributed by atoms with E-state index in [0.717, 1.165) is 32.4 Å². The Morgan fingerprint density at radius 1 is 1.06 bits per heavy atom. The summed E-state index contributed by atoms with van der Waals surface area (Å²) in [5, 5.41) is 0. The zero-order valence-electron chi connectivity index (χ0n) is 12.6. The molecule has 18 heavy (non-hydrogen) atoms. The molecule has 0 aromatic carbocycles. The molecular formula is C15H32N2O. The highest BCUT2D eigenvalue weighted by molar-refractivity contribution is 5.78. The number of rotatable bonds is 11. The Morgan fingerprint density at radius 2 is 1.56 bits per heavy atom. The van der Waals surface area contributed by atoms with E-state index in [1.807, 2.05) is 6.92 Å². The lowest BCUT2D eigenvalue weighted by Gasteiger charge is -2.26. The van der Waals surface area contributed by atoms with Crippen LogP contribution in [0.1, 0.15) is 65.7 Å². The molecule has 1 atom stereocenters. The lowest BCUT2D eigenvalue weighted by Crippen LogP contribution is -2.37. The largest absolute Gasteiger partial charge is 0.342 e. The molecule has 0 aliphatic carbocycles. The van der Waals surface area contributed by atoms with Crippen LogP contribution in [-0.4, -0.2) is 30.4 Å². The fourth-order valence-corrected chi connectivity index (χ4v) is 2.12. The smallest absolute Gasteiger partial charge is 0.225 e. The second-order valence-corrected chi connectivity index (χ2v) is 5.22. The number of nitrogens with zero attached hydrogens (tertiary/aromatic N) is 1. The van der Waals surface area contributed by atoms with Gasteiger partial charge in [0.05, 0.1) is 0 Å². The molecule has 1 unspecified atom stereocenters. The van der Waals surface area contributed by atoms with Gasteiger partial charge in [-0.1, -0.05) is 46.5 Å². The summed E-state index contributed by atoms with van der Waals surface area (Å²) < 4.78 is 0. The van der Waals surface area contributed by atoms with Gasteiger partial charge in [-0.05, 0) is 25.8 Å². The van der Waals surface area contributed by atoms with Crippen LogP contribution in [0.25, 0.3) is 0 Å². The van der Waals surface area contributed by atoms with Crippen molar-refractivity contribution in [3.63, 3.8) is 0 Å². The molecule has 0 saturated heterocycles. The number of hydrogen-bond acceptors (Lipinski definition) is 2. The first kappa shape index (κ1) is 17.4. The molecule has 3 heteroatoms. The van der Waals surface area contributed by atoms with E-state index in [4.69, 9.17) is 5.73 Å². The molecule has 0 spiro atoms. The van der Waals surface area contributed by atoms with Gasteiger partial charge in [0.2, 0.25) is 5.91 Å². The SMILES string of the molecule is CCCCCN(CCCCC)C(=O)C(C)CCN. The fraction of sp³-hybridized carbons (Fsp3) is 0.933. The van der Waals surface area contributed by atoms with Crippen LogP contribution in [-0.2, 0) is 4.79 Å². The molecule has 0 heterocycles. The molecular weight excluding hydrogens is 224 g/mol. The Balaban J connectivity index is 4.19. The minimum atomic E-state index is 0.0817. The molecule has 0 fully saturated rings. The van der Waals surface area contributed by atoms with E-state index in [-0.39, 0.29) is 5.92 Å². The molecule has 2 N–H and O–H groups in total. The molecule has 108 valence electrons. The van der Waals surface area contributed by atoms with E-state index in [1.54, 1.807) is 0 Å². The van der Waals surface area contributed by atoms with Gasteiger partial charge >= 0.3 is 0 Å². The predicted molar refractivity (Wildman–Crippen MR) is 78.5 cm³/mol. The zero-order valence-corrected chi connectivity index (χ0v) is 12.6. The van der Waals surface area contributed by atoms with Crippen molar-refractivity contribution in [3.05, 3.63) is 0 Å². The number of carbonyl (C=O) groups is 1. The highest BCUT2D eigenvalue weighted by atomic mass is 16.2. The van der Waals surface area contributed by atoms with Crippen LogP contribution in [0.5, 0.6) is 0 Å². The van der Waals surface area contributed by atoms with E-state index < -0.39 is 0 Å². The van der Waals surface area contributed by atoms with Crippen molar-refractivity contribution in [2.75, 3.05) is 19.6 Å². The maximum atomic E-state index is 12.3. The average Bonchev–Trinajstić information content (AvgIpc) is 2.37. The van der Waals surface area contributed by atoms with Crippen molar-refractivity contribution < 1.29 is 4.79 Å². The summed E-state index contributed by atoms with van der Waals surface area (Å²) >= 11 is 0. The second kappa shape index (κ2) is 11.5. The van der Waals surface area contributed by atoms with E-state index in [0.29, 0.717) is 12.5 Å². The monoisotopic (exact) mass is 256 g/mol.